The molecule has 2 aromatic heterocycles. The summed E-state index contributed by atoms with van der Waals surface area (Å²) in [5, 5.41) is 11.6. The quantitative estimate of drug-likeness (QED) is 0.711. The van der Waals surface area contributed by atoms with Gasteiger partial charge in [-0.1, -0.05) is 0 Å². The maximum Gasteiger partial charge on any atom is 0.252 e. The van der Waals surface area contributed by atoms with Crippen LogP contribution in [0.5, 0.6) is 0 Å². The van der Waals surface area contributed by atoms with Crippen molar-refractivity contribution in [2.45, 2.75) is 31.2 Å². The van der Waals surface area contributed by atoms with Crippen LogP contribution in [0.15, 0.2) is 41.3 Å². The molecular weight excluding hydrogens is 378 g/mol. The summed E-state index contributed by atoms with van der Waals surface area (Å²) in [6, 6.07) is 8.26. The molecule has 1 saturated carbocycles. The van der Waals surface area contributed by atoms with Crippen molar-refractivity contribution in [1.82, 2.24) is 15.3 Å². The summed E-state index contributed by atoms with van der Waals surface area (Å²) in [6.45, 7) is 1.74. The lowest BCUT2D eigenvalue weighted by Gasteiger charge is -2.19. The third-order valence-electron chi connectivity index (χ3n) is 5.32. The first-order valence-corrected chi connectivity index (χ1v) is 9.04. The summed E-state index contributed by atoms with van der Waals surface area (Å²) < 4.78 is 27.8. The number of pyridine rings is 2. The molecule has 0 radical (unpaired) electrons. The number of H-pyrrole nitrogens is 1. The zero-order chi connectivity index (χ0) is 20.8. The van der Waals surface area contributed by atoms with Crippen LogP contribution in [0.25, 0.3) is 10.9 Å². The van der Waals surface area contributed by atoms with Gasteiger partial charge in [0.05, 0.1) is 28.2 Å². The molecule has 0 spiro atoms. The predicted molar refractivity (Wildman–Crippen MR) is 101 cm³/mol. The summed E-state index contributed by atoms with van der Waals surface area (Å²) in [7, 11) is 0. The Labute approximate surface area is 164 Å². The first-order valence-electron chi connectivity index (χ1n) is 9.04. The van der Waals surface area contributed by atoms with Gasteiger partial charge in [0.2, 0.25) is 5.91 Å². The highest BCUT2D eigenvalue weighted by Crippen LogP contribution is 2.48. The second-order valence-corrected chi connectivity index (χ2v) is 7.20. The van der Waals surface area contributed by atoms with E-state index in [1.807, 2.05) is 6.07 Å². The van der Waals surface area contributed by atoms with E-state index < -0.39 is 28.7 Å². The van der Waals surface area contributed by atoms with Crippen molar-refractivity contribution in [2.24, 2.45) is 0 Å². The van der Waals surface area contributed by atoms with Crippen molar-refractivity contribution >= 4 is 16.8 Å². The second-order valence-electron chi connectivity index (χ2n) is 7.20. The summed E-state index contributed by atoms with van der Waals surface area (Å²) >= 11 is 0. The van der Waals surface area contributed by atoms with Crippen molar-refractivity contribution in [1.29, 1.82) is 5.26 Å². The van der Waals surface area contributed by atoms with Crippen molar-refractivity contribution < 1.29 is 13.6 Å². The molecule has 1 aliphatic rings. The molecule has 1 fully saturated rings. The normalized spacial score (nSPS) is 15.5. The number of benzene rings is 1. The molecule has 1 aromatic carbocycles. The van der Waals surface area contributed by atoms with Gasteiger partial charge >= 0.3 is 0 Å². The van der Waals surface area contributed by atoms with E-state index in [-0.39, 0.29) is 22.4 Å². The van der Waals surface area contributed by atoms with E-state index in [2.05, 4.69) is 15.3 Å². The minimum Gasteiger partial charge on any atom is -0.347 e. The molecule has 6 nitrogen and oxygen atoms in total. The number of fused-ring (bicyclic) bond motifs is 1. The highest BCUT2D eigenvalue weighted by atomic mass is 19.2. The number of carbonyl (C=O) groups is 1. The Kier molecular flexibility index (Phi) is 4.38. The Morgan fingerprint density at radius 1 is 1.31 bits per heavy atom. The van der Waals surface area contributed by atoms with Crippen molar-refractivity contribution in [2.75, 3.05) is 0 Å². The third kappa shape index (κ3) is 3.14. The standard InChI is InChI=1S/C21H16F2N4O2/c1-11(16-4-2-12(9-24)10-25-16)26-20(29)21(6-7-21)14-8-13-17(27-19(14)28)5-3-15(22)18(13)23/h2-5,8,10-11H,6-7H2,1H3,(H,26,29)(H,27,28)/t11-/m1/s1. The minimum absolute atomic E-state index is 0.0690. The molecule has 29 heavy (non-hydrogen) atoms. The van der Waals surface area contributed by atoms with Gasteiger partial charge in [0, 0.05) is 17.1 Å². The number of aromatic nitrogens is 2. The highest BCUT2D eigenvalue weighted by Gasteiger charge is 2.53. The first kappa shape index (κ1) is 18.7. The van der Waals surface area contributed by atoms with Crippen LogP contribution in [0.1, 0.15) is 42.6 Å². The van der Waals surface area contributed by atoms with Crippen LogP contribution in [-0.2, 0) is 10.2 Å². The number of aromatic amines is 1. The van der Waals surface area contributed by atoms with Gasteiger partial charge in [0.15, 0.2) is 11.6 Å². The Balaban J connectivity index is 1.65. The van der Waals surface area contributed by atoms with Gasteiger partial charge < -0.3 is 10.3 Å². The fraction of sp³-hybridized carbons (Fsp3) is 0.238. The molecule has 1 amide bonds. The molecule has 146 valence electrons. The molecule has 1 atom stereocenters. The van der Waals surface area contributed by atoms with Crippen molar-refractivity contribution in [3.8, 4) is 6.07 Å². The summed E-state index contributed by atoms with van der Waals surface area (Å²) in [5.41, 5.74) is -0.325. The van der Waals surface area contributed by atoms with Gasteiger partial charge in [0.25, 0.3) is 5.56 Å². The van der Waals surface area contributed by atoms with E-state index in [0.717, 1.165) is 6.07 Å². The Hall–Kier alpha value is -3.60. The van der Waals surface area contributed by atoms with Crippen molar-refractivity contribution in [3.05, 3.63) is 75.3 Å². The van der Waals surface area contributed by atoms with E-state index in [1.165, 1.54) is 18.3 Å². The number of nitrogens with one attached hydrogen (secondary N) is 2. The number of rotatable bonds is 4. The minimum atomic E-state index is -1.08. The van der Waals surface area contributed by atoms with Gasteiger partial charge in [-0.05, 0) is 50.1 Å². The van der Waals surface area contributed by atoms with Crippen LogP contribution >= 0.6 is 0 Å². The van der Waals surface area contributed by atoms with Gasteiger partial charge in [-0.25, -0.2) is 8.78 Å². The van der Waals surface area contributed by atoms with E-state index >= 15 is 0 Å². The molecule has 4 rings (SSSR count). The molecule has 2 heterocycles. The molecular formula is C21H16F2N4O2. The van der Waals surface area contributed by atoms with Crippen LogP contribution < -0.4 is 10.9 Å². The smallest absolute Gasteiger partial charge is 0.252 e. The summed E-state index contributed by atoms with van der Waals surface area (Å²) in [6.07, 6.45) is 2.27. The lowest BCUT2D eigenvalue weighted by Crippen LogP contribution is -2.39. The highest BCUT2D eigenvalue weighted by molar-refractivity contribution is 5.93. The largest absolute Gasteiger partial charge is 0.347 e. The van der Waals surface area contributed by atoms with Gasteiger partial charge in [-0.3, -0.25) is 14.6 Å². The van der Waals surface area contributed by atoms with Crippen LogP contribution in [0, 0.1) is 23.0 Å². The van der Waals surface area contributed by atoms with Gasteiger partial charge in [0.1, 0.15) is 6.07 Å². The van der Waals surface area contributed by atoms with Crippen LogP contribution in [-0.4, -0.2) is 15.9 Å². The number of hydrogen-bond acceptors (Lipinski definition) is 4. The maximum absolute atomic E-state index is 14.2. The van der Waals surface area contributed by atoms with E-state index in [9.17, 15) is 18.4 Å². The Morgan fingerprint density at radius 2 is 2.07 bits per heavy atom. The molecule has 0 saturated heterocycles. The van der Waals surface area contributed by atoms with Crippen LogP contribution in [0.4, 0.5) is 8.78 Å². The number of nitrogens with zero attached hydrogens (tertiary/aromatic N) is 2. The van der Waals surface area contributed by atoms with Gasteiger partial charge in [-0.2, -0.15) is 5.26 Å². The zero-order valence-electron chi connectivity index (χ0n) is 15.4. The van der Waals surface area contributed by atoms with Gasteiger partial charge in [-0.15, -0.1) is 0 Å². The third-order valence-corrected chi connectivity index (χ3v) is 5.32. The average molecular weight is 394 g/mol. The average Bonchev–Trinajstić information content (AvgIpc) is 3.52. The summed E-state index contributed by atoms with van der Waals surface area (Å²) in [5.74, 6) is -2.46. The molecule has 0 bridgehead atoms. The number of carbonyl (C=O) groups excluding carboxylic acids is 1. The monoisotopic (exact) mass is 394 g/mol. The van der Waals surface area contributed by atoms with Crippen LogP contribution in [0.2, 0.25) is 0 Å². The number of nitriles is 1. The maximum atomic E-state index is 14.2. The number of hydrogen-bond donors (Lipinski definition) is 2. The molecule has 0 unspecified atom stereocenters. The second kappa shape index (κ2) is 6.78. The van der Waals surface area contributed by atoms with Crippen LogP contribution in [0.3, 0.4) is 0 Å². The summed E-state index contributed by atoms with van der Waals surface area (Å²) in [4.78, 5) is 32.2. The first-order chi connectivity index (χ1) is 13.9. The fourth-order valence-corrected chi connectivity index (χ4v) is 3.45. The SMILES string of the molecule is C[C@@H](NC(=O)C1(c2cc3c(F)c(F)ccc3[nH]c2=O)CC1)c1ccc(C#N)cn1. The Bertz CT molecular complexity index is 1220. The molecule has 1 aliphatic carbocycles. The van der Waals surface area contributed by atoms with E-state index in [4.69, 9.17) is 5.26 Å². The lowest BCUT2D eigenvalue weighted by molar-refractivity contribution is -0.124. The molecule has 0 aliphatic heterocycles. The van der Waals surface area contributed by atoms with Crippen molar-refractivity contribution in [3.63, 3.8) is 0 Å². The topological polar surface area (TPSA) is 98.6 Å². The number of amides is 1. The fourth-order valence-electron chi connectivity index (χ4n) is 3.45. The van der Waals surface area contributed by atoms with E-state index in [0.29, 0.717) is 24.1 Å². The Morgan fingerprint density at radius 3 is 2.69 bits per heavy atom. The zero-order valence-corrected chi connectivity index (χ0v) is 15.4. The predicted octanol–water partition coefficient (Wildman–Crippen LogP) is 2.98. The lowest BCUT2D eigenvalue weighted by atomic mass is 9.94. The molecule has 8 heteroatoms. The molecule has 2 N–H and O–H groups in total. The number of halogens is 2. The molecule has 3 aromatic rings. The van der Waals surface area contributed by atoms with E-state index in [1.54, 1.807) is 19.1 Å².